The summed E-state index contributed by atoms with van der Waals surface area (Å²) in [5.41, 5.74) is 0. The molecule has 0 saturated carbocycles. The van der Waals surface area contributed by atoms with Gasteiger partial charge >= 0.3 is 11.9 Å². The first-order chi connectivity index (χ1) is 6.63. The molecule has 0 bridgehead atoms. The lowest BCUT2D eigenvalue weighted by Gasteiger charge is -2.09. The van der Waals surface area contributed by atoms with E-state index in [-0.39, 0.29) is 12.1 Å². The molecule has 0 aliphatic carbocycles. The molecule has 1 heterocycles. The monoisotopic (exact) mass is 201 g/mol. The van der Waals surface area contributed by atoms with Crippen LogP contribution >= 0.6 is 0 Å². The number of carbonyl (C=O) groups excluding carboxylic acids is 1. The van der Waals surface area contributed by atoms with Gasteiger partial charge in [-0.25, -0.2) is 0 Å². The summed E-state index contributed by atoms with van der Waals surface area (Å²) in [6.07, 6.45) is 1.23. The molecule has 2 unspecified atom stereocenters. The fraction of sp³-hybridized carbons (Fsp3) is 0.778. The molecular weight excluding hydrogens is 186 g/mol. The Labute approximate surface area is 82.4 Å². The van der Waals surface area contributed by atoms with Crippen molar-refractivity contribution in [1.82, 2.24) is 5.32 Å². The minimum atomic E-state index is -0.890. The molecule has 0 aromatic heterocycles. The molecule has 2 N–H and O–H groups in total. The van der Waals surface area contributed by atoms with Gasteiger partial charge in [-0.1, -0.05) is 6.92 Å². The molecule has 1 aliphatic rings. The van der Waals surface area contributed by atoms with Crippen LogP contribution in [0.15, 0.2) is 0 Å². The summed E-state index contributed by atoms with van der Waals surface area (Å²) in [5.74, 6) is -1.13. The van der Waals surface area contributed by atoms with Crippen LogP contribution in [0.1, 0.15) is 26.2 Å². The lowest BCUT2D eigenvalue weighted by molar-refractivity contribution is -0.149. The number of aliphatic carboxylic acids is 1. The summed E-state index contributed by atoms with van der Waals surface area (Å²) < 4.78 is 5.07. The molecule has 0 spiro atoms. The summed E-state index contributed by atoms with van der Waals surface area (Å²) >= 11 is 0. The molecule has 1 saturated heterocycles. The molecule has 2 atom stereocenters. The van der Waals surface area contributed by atoms with Crippen LogP contribution in [0.4, 0.5) is 0 Å². The van der Waals surface area contributed by atoms with Gasteiger partial charge in [-0.2, -0.15) is 0 Å². The van der Waals surface area contributed by atoms with Crippen molar-refractivity contribution in [2.24, 2.45) is 0 Å². The fourth-order valence-corrected chi connectivity index (χ4v) is 1.43. The predicted octanol–water partition coefficient (Wildman–Crippen LogP) is 0.145. The zero-order chi connectivity index (χ0) is 10.6. The topological polar surface area (TPSA) is 75.6 Å². The lowest BCUT2D eigenvalue weighted by Crippen LogP contribution is -2.30. The van der Waals surface area contributed by atoms with E-state index in [0.717, 1.165) is 6.42 Å². The standard InChI is InChI=1S/C9H15NO4/c1-2-3-8(11)14-6-4-7(9(12)13)10-5-6/h6-7,10H,2-5H2,1H3,(H,12,13). The van der Waals surface area contributed by atoms with Crippen LogP contribution in [-0.2, 0) is 14.3 Å². The molecule has 5 nitrogen and oxygen atoms in total. The third-order valence-corrected chi connectivity index (χ3v) is 2.14. The van der Waals surface area contributed by atoms with Crippen molar-refractivity contribution in [3.8, 4) is 0 Å². The van der Waals surface area contributed by atoms with Crippen LogP contribution in [-0.4, -0.2) is 35.7 Å². The molecule has 0 aromatic rings. The SMILES string of the molecule is CCCC(=O)OC1CNC(C(=O)O)C1. The maximum atomic E-state index is 11.1. The fourth-order valence-electron chi connectivity index (χ4n) is 1.43. The molecule has 1 rings (SSSR count). The van der Waals surface area contributed by atoms with Crippen molar-refractivity contribution in [3.63, 3.8) is 0 Å². The average molecular weight is 201 g/mol. The zero-order valence-electron chi connectivity index (χ0n) is 8.16. The molecule has 80 valence electrons. The second kappa shape index (κ2) is 4.95. The highest BCUT2D eigenvalue weighted by atomic mass is 16.5. The van der Waals surface area contributed by atoms with E-state index < -0.39 is 12.0 Å². The maximum Gasteiger partial charge on any atom is 0.320 e. The summed E-state index contributed by atoms with van der Waals surface area (Å²) in [5, 5.41) is 11.4. The molecule has 0 radical (unpaired) electrons. The second-order valence-electron chi connectivity index (χ2n) is 3.40. The van der Waals surface area contributed by atoms with Gasteiger partial charge in [0.1, 0.15) is 12.1 Å². The Bertz CT molecular complexity index is 229. The highest BCUT2D eigenvalue weighted by molar-refractivity contribution is 5.74. The van der Waals surface area contributed by atoms with E-state index in [1.165, 1.54) is 0 Å². The van der Waals surface area contributed by atoms with Gasteiger partial charge in [-0.3, -0.25) is 9.59 Å². The van der Waals surface area contributed by atoms with Crippen molar-refractivity contribution in [2.45, 2.75) is 38.3 Å². The van der Waals surface area contributed by atoms with E-state index in [1.807, 2.05) is 6.92 Å². The number of carboxylic acids is 1. The van der Waals surface area contributed by atoms with E-state index in [1.54, 1.807) is 0 Å². The van der Waals surface area contributed by atoms with Gasteiger partial charge in [-0.05, 0) is 6.42 Å². The number of rotatable bonds is 4. The van der Waals surface area contributed by atoms with E-state index in [2.05, 4.69) is 5.32 Å². The van der Waals surface area contributed by atoms with Crippen LogP contribution < -0.4 is 5.32 Å². The van der Waals surface area contributed by atoms with Crippen molar-refractivity contribution in [2.75, 3.05) is 6.54 Å². The van der Waals surface area contributed by atoms with Crippen LogP contribution in [0, 0.1) is 0 Å². The molecular formula is C9H15NO4. The van der Waals surface area contributed by atoms with Crippen LogP contribution in [0.3, 0.4) is 0 Å². The predicted molar refractivity (Wildman–Crippen MR) is 48.8 cm³/mol. The molecule has 1 fully saturated rings. The first kappa shape index (κ1) is 11.0. The van der Waals surface area contributed by atoms with E-state index in [4.69, 9.17) is 9.84 Å². The van der Waals surface area contributed by atoms with E-state index >= 15 is 0 Å². The third kappa shape index (κ3) is 2.99. The Morgan fingerprint density at radius 1 is 1.57 bits per heavy atom. The summed E-state index contributed by atoms with van der Waals surface area (Å²) in [6, 6.07) is -0.575. The Kier molecular flexibility index (Phi) is 3.88. The highest BCUT2D eigenvalue weighted by Crippen LogP contribution is 2.11. The Morgan fingerprint density at radius 2 is 2.29 bits per heavy atom. The van der Waals surface area contributed by atoms with Crippen LogP contribution in [0.2, 0.25) is 0 Å². The number of ether oxygens (including phenoxy) is 1. The average Bonchev–Trinajstić information content (AvgIpc) is 2.53. The van der Waals surface area contributed by atoms with Gasteiger partial charge in [0.2, 0.25) is 0 Å². The number of carboxylic acid groups (broad SMARTS) is 1. The highest BCUT2D eigenvalue weighted by Gasteiger charge is 2.31. The first-order valence-electron chi connectivity index (χ1n) is 4.79. The third-order valence-electron chi connectivity index (χ3n) is 2.14. The Hall–Kier alpha value is -1.10. The van der Waals surface area contributed by atoms with Gasteiger partial charge < -0.3 is 15.2 Å². The summed E-state index contributed by atoms with van der Waals surface area (Å²) in [4.78, 5) is 21.6. The van der Waals surface area contributed by atoms with Gasteiger partial charge in [0, 0.05) is 19.4 Å². The van der Waals surface area contributed by atoms with Gasteiger partial charge in [0.25, 0.3) is 0 Å². The number of nitrogens with one attached hydrogen (secondary N) is 1. The number of hydrogen-bond acceptors (Lipinski definition) is 4. The summed E-state index contributed by atoms with van der Waals surface area (Å²) in [7, 11) is 0. The lowest BCUT2D eigenvalue weighted by atomic mass is 10.2. The van der Waals surface area contributed by atoms with E-state index in [0.29, 0.717) is 19.4 Å². The van der Waals surface area contributed by atoms with Gasteiger partial charge in [0.15, 0.2) is 0 Å². The van der Waals surface area contributed by atoms with Crippen molar-refractivity contribution >= 4 is 11.9 Å². The molecule has 5 heteroatoms. The quantitative estimate of drug-likeness (QED) is 0.633. The number of hydrogen-bond donors (Lipinski definition) is 2. The Balaban J connectivity index is 2.28. The van der Waals surface area contributed by atoms with Gasteiger partial charge in [0.05, 0.1) is 0 Å². The maximum absolute atomic E-state index is 11.1. The smallest absolute Gasteiger partial charge is 0.320 e. The zero-order valence-corrected chi connectivity index (χ0v) is 8.16. The Morgan fingerprint density at radius 3 is 2.79 bits per heavy atom. The van der Waals surface area contributed by atoms with Crippen molar-refractivity contribution in [1.29, 1.82) is 0 Å². The number of carbonyl (C=O) groups is 2. The second-order valence-corrected chi connectivity index (χ2v) is 3.40. The normalized spacial score (nSPS) is 26.1. The van der Waals surface area contributed by atoms with Crippen molar-refractivity contribution < 1.29 is 19.4 Å². The van der Waals surface area contributed by atoms with Gasteiger partial charge in [-0.15, -0.1) is 0 Å². The van der Waals surface area contributed by atoms with Crippen molar-refractivity contribution in [3.05, 3.63) is 0 Å². The summed E-state index contributed by atoms with van der Waals surface area (Å²) in [6.45, 7) is 2.33. The molecule has 1 aliphatic heterocycles. The minimum Gasteiger partial charge on any atom is -0.480 e. The van der Waals surface area contributed by atoms with Crippen LogP contribution in [0.5, 0.6) is 0 Å². The van der Waals surface area contributed by atoms with E-state index in [9.17, 15) is 9.59 Å². The number of esters is 1. The largest absolute Gasteiger partial charge is 0.480 e. The van der Waals surface area contributed by atoms with Crippen LogP contribution in [0.25, 0.3) is 0 Å². The molecule has 14 heavy (non-hydrogen) atoms. The minimum absolute atomic E-state index is 0.245. The first-order valence-corrected chi connectivity index (χ1v) is 4.79. The molecule has 0 amide bonds. The molecule has 0 aromatic carbocycles.